The summed E-state index contributed by atoms with van der Waals surface area (Å²) in [5, 5.41) is 0. The molecule has 1 amide bonds. The Balaban J connectivity index is 1.28. The molecule has 5 heterocycles. The molecule has 8 heteroatoms. The maximum Gasteiger partial charge on any atom is 0.308 e. The van der Waals surface area contributed by atoms with E-state index in [4.69, 9.17) is 24.0 Å². The number of carbonyl (C=O) groups is 2. The van der Waals surface area contributed by atoms with E-state index < -0.39 is 29.9 Å². The molecule has 8 atom stereocenters. The Morgan fingerprint density at radius 2 is 1.81 bits per heavy atom. The van der Waals surface area contributed by atoms with Gasteiger partial charge in [-0.15, -0.1) is 0 Å². The van der Waals surface area contributed by atoms with Crippen molar-refractivity contribution in [3.8, 4) is 0 Å². The number of ether oxygens (including phenoxy) is 3. The number of hydrogen-bond donors (Lipinski definition) is 0. The number of hydrogen-bond acceptors (Lipinski definition) is 7. The van der Waals surface area contributed by atoms with Crippen LogP contribution in [0.2, 0.25) is 0 Å². The molecule has 1 aliphatic carbocycles. The lowest BCUT2D eigenvalue weighted by molar-refractivity contribution is -0.576. The Hall–Kier alpha value is -1.22. The molecular weight excluding hydrogens is 402 g/mol. The first-order valence-electron chi connectivity index (χ1n) is 12.0. The van der Waals surface area contributed by atoms with Crippen LogP contribution in [0.25, 0.3) is 0 Å². The highest BCUT2D eigenvalue weighted by molar-refractivity contribution is 5.81. The summed E-state index contributed by atoms with van der Waals surface area (Å²) in [5.74, 6) is -0.412. The van der Waals surface area contributed by atoms with Gasteiger partial charge in [-0.05, 0) is 50.9 Å². The van der Waals surface area contributed by atoms with Crippen LogP contribution in [0.1, 0.15) is 72.1 Å². The molecule has 0 unspecified atom stereocenters. The van der Waals surface area contributed by atoms with Crippen molar-refractivity contribution in [1.29, 1.82) is 0 Å². The maximum absolute atomic E-state index is 12.6. The number of amides is 1. The zero-order valence-electron chi connectivity index (χ0n) is 18.8. The molecule has 6 rings (SSSR count). The van der Waals surface area contributed by atoms with Crippen molar-refractivity contribution in [3.05, 3.63) is 0 Å². The summed E-state index contributed by atoms with van der Waals surface area (Å²) in [7, 11) is 0. The fourth-order valence-corrected chi connectivity index (χ4v) is 6.53. The van der Waals surface area contributed by atoms with Crippen molar-refractivity contribution in [2.45, 2.75) is 96.1 Å². The Morgan fingerprint density at radius 1 is 1.03 bits per heavy atom. The van der Waals surface area contributed by atoms with Crippen LogP contribution in [0, 0.1) is 23.7 Å². The Morgan fingerprint density at radius 3 is 2.58 bits per heavy atom. The summed E-state index contributed by atoms with van der Waals surface area (Å²) >= 11 is 0. The molecule has 2 bridgehead atoms. The molecule has 1 spiro atoms. The van der Waals surface area contributed by atoms with Gasteiger partial charge in [-0.2, -0.15) is 0 Å². The van der Waals surface area contributed by atoms with Gasteiger partial charge in [0.2, 0.25) is 18.0 Å². The summed E-state index contributed by atoms with van der Waals surface area (Å²) in [6.07, 6.45) is 4.74. The second kappa shape index (κ2) is 7.97. The lowest BCUT2D eigenvalue weighted by atomic mass is 9.58. The highest BCUT2D eigenvalue weighted by Gasteiger charge is 2.69. The van der Waals surface area contributed by atoms with Gasteiger partial charge >= 0.3 is 5.97 Å². The molecular formula is C23H35NO7. The monoisotopic (exact) mass is 437 g/mol. The van der Waals surface area contributed by atoms with Crippen molar-refractivity contribution in [2.24, 2.45) is 23.7 Å². The molecule has 6 fully saturated rings. The van der Waals surface area contributed by atoms with Crippen molar-refractivity contribution >= 4 is 11.9 Å². The Labute approximate surface area is 183 Å². The standard InChI is InChI=1S/C23H35NO7/c1-14-6-7-17-15(2)20(27-19(26)9-8-18(25)24-12-4-5-13-24)28-21-23(17)16(14)10-11-22(3,29-21)30-31-23/h14-17,20-21H,4-13H2,1-3H3/t14-,15-,16-,17+,20-,21-,22-,23-/m1/s1. The van der Waals surface area contributed by atoms with Crippen LogP contribution in [-0.4, -0.2) is 53.8 Å². The second-order valence-electron chi connectivity index (χ2n) is 10.4. The Kier molecular flexibility index (Phi) is 5.56. The fourth-order valence-electron chi connectivity index (χ4n) is 6.53. The minimum atomic E-state index is -0.852. The van der Waals surface area contributed by atoms with Gasteiger partial charge in [0.15, 0.2) is 11.9 Å². The summed E-state index contributed by atoms with van der Waals surface area (Å²) in [5.41, 5.74) is -0.665. The number of nitrogens with zero attached hydrogens (tertiary/aromatic N) is 1. The average molecular weight is 438 g/mol. The maximum atomic E-state index is 12.6. The van der Waals surface area contributed by atoms with E-state index in [2.05, 4.69) is 13.8 Å². The van der Waals surface area contributed by atoms with Gasteiger partial charge in [0.05, 0.1) is 6.42 Å². The molecule has 5 aliphatic heterocycles. The van der Waals surface area contributed by atoms with Crippen molar-refractivity contribution in [1.82, 2.24) is 4.90 Å². The SMILES string of the molecule is C[C@H]1[C@H](OC(=O)CCC(=O)N2CCCC2)O[C@@H]2O[C@@]3(C)CC[C@@H]4[C@H](C)CC[C@@H]1[C@@]24OO3. The van der Waals surface area contributed by atoms with Crippen LogP contribution >= 0.6 is 0 Å². The van der Waals surface area contributed by atoms with Gasteiger partial charge in [0.25, 0.3) is 0 Å². The molecule has 31 heavy (non-hydrogen) atoms. The molecule has 0 aromatic rings. The lowest BCUT2D eigenvalue weighted by Crippen LogP contribution is -2.70. The molecule has 0 N–H and O–H groups in total. The van der Waals surface area contributed by atoms with Crippen LogP contribution in [0.4, 0.5) is 0 Å². The molecule has 0 aromatic heterocycles. The first-order valence-corrected chi connectivity index (χ1v) is 12.0. The number of fused-ring (bicyclic) bond motifs is 2. The van der Waals surface area contributed by atoms with E-state index in [1.54, 1.807) is 0 Å². The van der Waals surface area contributed by atoms with E-state index in [1.807, 2.05) is 11.8 Å². The molecule has 0 aromatic carbocycles. The molecule has 0 radical (unpaired) electrons. The van der Waals surface area contributed by atoms with Crippen molar-refractivity contribution < 1.29 is 33.6 Å². The summed E-state index contributed by atoms with van der Waals surface area (Å²) in [6.45, 7) is 7.78. The number of likely N-dealkylation sites (tertiary alicyclic amines) is 1. The third kappa shape index (κ3) is 3.59. The van der Waals surface area contributed by atoms with Crippen LogP contribution in [0.3, 0.4) is 0 Å². The second-order valence-corrected chi connectivity index (χ2v) is 10.4. The number of esters is 1. The highest BCUT2D eigenvalue weighted by atomic mass is 17.3. The van der Waals surface area contributed by atoms with Crippen LogP contribution < -0.4 is 0 Å². The lowest BCUT2D eigenvalue weighted by Gasteiger charge is -2.59. The van der Waals surface area contributed by atoms with Crippen LogP contribution in [-0.2, 0) is 33.6 Å². The molecule has 6 aliphatic rings. The number of carbonyl (C=O) groups excluding carboxylic acids is 2. The van der Waals surface area contributed by atoms with E-state index in [-0.39, 0.29) is 36.5 Å². The minimum Gasteiger partial charge on any atom is -0.435 e. The van der Waals surface area contributed by atoms with Gasteiger partial charge in [0, 0.05) is 37.8 Å². The molecule has 1 saturated carbocycles. The fraction of sp³-hybridized carbons (Fsp3) is 0.913. The van der Waals surface area contributed by atoms with Crippen LogP contribution in [0.15, 0.2) is 0 Å². The third-order valence-electron chi connectivity index (χ3n) is 8.35. The summed E-state index contributed by atoms with van der Waals surface area (Å²) in [4.78, 5) is 38.6. The van der Waals surface area contributed by atoms with Crippen LogP contribution in [0.5, 0.6) is 0 Å². The third-order valence-corrected chi connectivity index (χ3v) is 8.35. The van der Waals surface area contributed by atoms with E-state index in [9.17, 15) is 9.59 Å². The van der Waals surface area contributed by atoms with E-state index in [1.165, 1.54) is 0 Å². The normalized spacial score (nSPS) is 46.4. The number of rotatable bonds is 4. The van der Waals surface area contributed by atoms with E-state index in [0.29, 0.717) is 5.92 Å². The predicted octanol–water partition coefficient (Wildman–Crippen LogP) is 3.14. The largest absolute Gasteiger partial charge is 0.435 e. The van der Waals surface area contributed by atoms with Gasteiger partial charge < -0.3 is 19.1 Å². The van der Waals surface area contributed by atoms with E-state index in [0.717, 1.165) is 51.6 Å². The Bertz CT molecular complexity index is 725. The van der Waals surface area contributed by atoms with E-state index >= 15 is 0 Å². The molecule has 174 valence electrons. The van der Waals surface area contributed by atoms with Crippen molar-refractivity contribution in [2.75, 3.05) is 13.1 Å². The smallest absolute Gasteiger partial charge is 0.308 e. The first-order chi connectivity index (χ1) is 14.8. The zero-order valence-corrected chi connectivity index (χ0v) is 18.8. The molecule has 5 saturated heterocycles. The quantitative estimate of drug-likeness (QED) is 0.493. The highest BCUT2D eigenvalue weighted by Crippen LogP contribution is 2.60. The summed E-state index contributed by atoms with van der Waals surface area (Å²) < 4.78 is 18.3. The predicted molar refractivity (Wildman–Crippen MR) is 108 cm³/mol. The topological polar surface area (TPSA) is 83.5 Å². The van der Waals surface area contributed by atoms with Gasteiger partial charge in [0.1, 0.15) is 0 Å². The molecule has 8 nitrogen and oxygen atoms in total. The summed E-state index contributed by atoms with van der Waals surface area (Å²) in [6, 6.07) is 0. The average Bonchev–Trinajstić information content (AvgIpc) is 3.19. The van der Waals surface area contributed by atoms with Gasteiger partial charge in [-0.1, -0.05) is 13.8 Å². The zero-order chi connectivity index (χ0) is 21.8. The van der Waals surface area contributed by atoms with Crippen molar-refractivity contribution in [3.63, 3.8) is 0 Å². The van der Waals surface area contributed by atoms with Gasteiger partial charge in [-0.25, -0.2) is 9.78 Å². The van der Waals surface area contributed by atoms with Gasteiger partial charge in [-0.3, -0.25) is 9.59 Å². The first kappa shape index (κ1) is 21.6. The minimum absolute atomic E-state index is 0.0259.